The molecule has 0 aliphatic rings. The molecule has 0 spiro atoms. The molecule has 0 saturated carbocycles. The number of halogens is 1. The van der Waals surface area contributed by atoms with Crippen molar-refractivity contribution in [2.45, 2.75) is 33.2 Å². The minimum absolute atomic E-state index is 0.0808. The van der Waals surface area contributed by atoms with Crippen molar-refractivity contribution < 1.29 is 9.59 Å². The van der Waals surface area contributed by atoms with Crippen molar-refractivity contribution in [2.24, 2.45) is 0 Å². The minimum atomic E-state index is -0.176. The van der Waals surface area contributed by atoms with E-state index in [0.717, 1.165) is 22.8 Å². The summed E-state index contributed by atoms with van der Waals surface area (Å²) in [7, 11) is 0. The molecule has 3 rings (SSSR count). The van der Waals surface area contributed by atoms with Gasteiger partial charge < -0.3 is 5.32 Å². The topological polar surface area (TPSA) is 76.9 Å². The van der Waals surface area contributed by atoms with E-state index in [9.17, 15) is 9.59 Å². The first kappa shape index (κ1) is 19.8. The van der Waals surface area contributed by atoms with E-state index in [1.165, 1.54) is 0 Å². The van der Waals surface area contributed by atoms with Crippen LogP contribution in [0.3, 0.4) is 0 Å². The molecule has 2 heterocycles. The van der Waals surface area contributed by atoms with Crippen LogP contribution in [0.4, 0.5) is 0 Å². The quantitative estimate of drug-likeness (QED) is 0.616. The summed E-state index contributed by atoms with van der Waals surface area (Å²) in [5.74, 6) is 0.474. The smallest absolute Gasteiger partial charge is 0.220 e. The van der Waals surface area contributed by atoms with Crippen LogP contribution >= 0.6 is 11.6 Å². The number of carbonyl (C=O) groups excluding carboxylic acids is 2. The highest BCUT2D eigenvalue weighted by atomic mass is 35.5. The molecular formula is C21H21ClN4O2. The lowest BCUT2D eigenvalue weighted by molar-refractivity contribution is -0.121. The molecule has 0 fully saturated rings. The molecule has 0 aliphatic carbocycles. The molecule has 7 heteroatoms. The summed E-state index contributed by atoms with van der Waals surface area (Å²) >= 11 is 5.81. The second kappa shape index (κ2) is 8.80. The van der Waals surface area contributed by atoms with Gasteiger partial charge in [0, 0.05) is 41.9 Å². The molecule has 1 N–H and O–H groups in total. The number of rotatable bonds is 7. The number of aromatic nitrogens is 3. The van der Waals surface area contributed by atoms with Crippen LogP contribution in [0.15, 0.2) is 48.7 Å². The summed E-state index contributed by atoms with van der Waals surface area (Å²) in [6.45, 7) is 4.27. The molecule has 6 nitrogen and oxygen atoms in total. The van der Waals surface area contributed by atoms with Gasteiger partial charge in [-0.05, 0) is 55.8 Å². The molecule has 2 aromatic heterocycles. The summed E-state index contributed by atoms with van der Waals surface area (Å²) in [5, 5.41) is 7.79. The third-order valence-electron chi connectivity index (χ3n) is 4.27. The Morgan fingerprint density at radius 1 is 1.07 bits per heavy atom. The van der Waals surface area contributed by atoms with Gasteiger partial charge in [0.1, 0.15) is 0 Å². The fourth-order valence-electron chi connectivity index (χ4n) is 2.80. The molecule has 144 valence electrons. The van der Waals surface area contributed by atoms with Gasteiger partial charge in [-0.3, -0.25) is 9.59 Å². The minimum Gasteiger partial charge on any atom is -0.352 e. The van der Waals surface area contributed by atoms with E-state index in [-0.39, 0.29) is 24.5 Å². The van der Waals surface area contributed by atoms with Crippen LogP contribution in [0, 0.1) is 13.8 Å². The van der Waals surface area contributed by atoms with Crippen molar-refractivity contribution in [3.8, 4) is 5.82 Å². The van der Waals surface area contributed by atoms with Crippen LogP contribution in [-0.2, 0) is 11.3 Å². The third-order valence-corrected chi connectivity index (χ3v) is 4.52. The standard InChI is InChI=1S/C21H21ClN4O2/c1-14-11-15(2)26(25-14)20-9-3-16(12-23-20)13-24-21(28)10-8-19(27)17-4-6-18(22)7-5-17/h3-7,9,11-12H,8,10,13H2,1-2H3,(H,24,28). The highest BCUT2D eigenvalue weighted by molar-refractivity contribution is 6.30. The normalized spacial score (nSPS) is 10.7. The molecule has 3 aromatic rings. The van der Waals surface area contributed by atoms with Crippen molar-refractivity contribution in [3.63, 3.8) is 0 Å². The van der Waals surface area contributed by atoms with Crippen LogP contribution in [0.5, 0.6) is 0 Å². The van der Waals surface area contributed by atoms with Gasteiger partial charge in [0.15, 0.2) is 11.6 Å². The summed E-state index contributed by atoms with van der Waals surface area (Å²) < 4.78 is 1.78. The molecule has 0 saturated heterocycles. The molecular weight excluding hydrogens is 376 g/mol. The predicted octanol–water partition coefficient (Wildman–Crippen LogP) is 3.82. The average molecular weight is 397 g/mol. The molecule has 0 aliphatic heterocycles. The van der Waals surface area contributed by atoms with Crippen LogP contribution in [0.25, 0.3) is 5.82 Å². The van der Waals surface area contributed by atoms with E-state index in [2.05, 4.69) is 15.4 Å². The van der Waals surface area contributed by atoms with E-state index < -0.39 is 0 Å². The zero-order valence-electron chi connectivity index (χ0n) is 15.8. The van der Waals surface area contributed by atoms with Crippen molar-refractivity contribution in [2.75, 3.05) is 0 Å². The van der Waals surface area contributed by atoms with Gasteiger partial charge in [-0.25, -0.2) is 9.67 Å². The fourth-order valence-corrected chi connectivity index (χ4v) is 2.93. The molecule has 0 radical (unpaired) electrons. The number of ketones is 1. The third kappa shape index (κ3) is 5.04. The zero-order valence-corrected chi connectivity index (χ0v) is 16.5. The fraction of sp³-hybridized carbons (Fsp3) is 0.238. The Bertz CT molecular complexity index is 979. The number of benzene rings is 1. The first-order valence-electron chi connectivity index (χ1n) is 8.96. The number of carbonyl (C=O) groups is 2. The van der Waals surface area contributed by atoms with Crippen molar-refractivity contribution in [1.82, 2.24) is 20.1 Å². The van der Waals surface area contributed by atoms with E-state index in [0.29, 0.717) is 17.1 Å². The molecule has 1 aromatic carbocycles. The van der Waals surface area contributed by atoms with Crippen LogP contribution < -0.4 is 5.32 Å². The van der Waals surface area contributed by atoms with Crippen LogP contribution in [0.2, 0.25) is 5.02 Å². The first-order chi connectivity index (χ1) is 13.4. The summed E-state index contributed by atoms with van der Waals surface area (Å²) in [4.78, 5) is 28.5. The maximum Gasteiger partial charge on any atom is 0.220 e. The lowest BCUT2D eigenvalue weighted by atomic mass is 10.1. The Balaban J connectivity index is 1.48. The summed E-state index contributed by atoms with van der Waals surface area (Å²) in [6.07, 6.45) is 2.01. The van der Waals surface area contributed by atoms with E-state index in [1.807, 2.05) is 32.0 Å². The largest absolute Gasteiger partial charge is 0.352 e. The van der Waals surface area contributed by atoms with E-state index >= 15 is 0 Å². The van der Waals surface area contributed by atoms with E-state index in [1.54, 1.807) is 35.1 Å². The van der Waals surface area contributed by atoms with Gasteiger partial charge >= 0.3 is 0 Å². The average Bonchev–Trinajstić information content (AvgIpc) is 3.03. The van der Waals surface area contributed by atoms with Gasteiger partial charge in [-0.2, -0.15) is 5.10 Å². The maximum atomic E-state index is 12.1. The second-order valence-corrected chi connectivity index (χ2v) is 7.01. The SMILES string of the molecule is Cc1cc(C)n(-c2ccc(CNC(=O)CCC(=O)c3ccc(Cl)cc3)cn2)n1. The predicted molar refractivity (Wildman–Crippen MR) is 108 cm³/mol. The molecule has 0 atom stereocenters. The summed E-state index contributed by atoms with van der Waals surface area (Å²) in [6, 6.07) is 12.4. The van der Waals surface area contributed by atoms with Gasteiger partial charge in [-0.1, -0.05) is 17.7 Å². The maximum absolute atomic E-state index is 12.1. The van der Waals surface area contributed by atoms with Crippen molar-refractivity contribution in [3.05, 3.63) is 76.2 Å². The lowest BCUT2D eigenvalue weighted by Crippen LogP contribution is -2.23. The van der Waals surface area contributed by atoms with Gasteiger partial charge in [0.05, 0.1) is 5.69 Å². The Kier molecular flexibility index (Phi) is 6.21. The van der Waals surface area contributed by atoms with Crippen LogP contribution in [-0.4, -0.2) is 26.5 Å². The highest BCUT2D eigenvalue weighted by Gasteiger charge is 2.10. The molecule has 0 unspecified atom stereocenters. The Labute approximate surface area is 168 Å². The number of Topliss-reactive ketones (excluding diaryl/α,β-unsaturated/α-hetero) is 1. The molecule has 28 heavy (non-hydrogen) atoms. The number of hydrogen-bond acceptors (Lipinski definition) is 4. The number of pyridine rings is 1. The Hall–Kier alpha value is -2.99. The Morgan fingerprint density at radius 2 is 1.82 bits per heavy atom. The van der Waals surface area contributed by atoms with Crippen molar-refractivity contribution >= 4 is 23.3 Å². The van der Waals surface area contributed by atoms with Crippen LogP contribution in [0.1, 0.15) is 40.2 Å². The number of aryl methyl sites for hydroxylation is 2. The molecule has 1 amide bonds. The summed E-state index contributed by atoms with van der Waals surface area (Å²) in [5.41, 5.74) is 3.38. The molecule has 0 bridgehead atoms. The zero-order chi connectivity index (χ0) is 20.1. The number of nitrogens with one attached hydrogen (secondary N) is 1. The number of nitrogens with zero attached hydrogens (tertiary/aromatic N) is 3. The second-order valence-electron chi connectivity index (χ2n) is 6.57. The highest BCUT2D eigenvalue weighted by Crippen LogP contribution is 2.12. The monoisotopic (exact) mass is 396 g/mol. The lowest BCUT2D eigenvalue weighted by Gasteiger charge is -2.07. The van der Waals surface area contributed by atoms with Gasteiger partial charge in [-0.15, -0.1) is 0 Å². The first-order valence-corrected chi connectivity index (χ1v) is 9.34. The Morgan fingerprint density at radius 3 is 2.43 bits per heavy atom. The number of amides is 1. The van der Waals surface area contributed by atoms with Gasteiger partial charge in [0.25, 0.3) is 0 Å². The van der Waals surface area contributed by atoms with Crippen molar-refractivity contribution in [1.29, 1.82) is 0 Å². The van der Waals surface area contributed by atoms with Gasteiger partial charge in [0.2, 0.25) is 5.91 Å². The van der Waals surface area contributed by atoms with E-state index in [4.69, 9.17) is 11.6 Å². The number of hydrogen-bond donors (Lipinski definition) is 1.